The molecule has 0 aromatic carbocycles. The van der Waals surface area contributed by atoms with Crippen LogP contribution in [0.25, 0.3) is 5.57 Å². The van der Waals surface area contributed by atoms with Crippen LogP contribution in [-0.4, -0.2) is 17.4 Å². The Morgan fingerprint density at radius 1 is 1.59 bits per heavy atom. The summed E-state index contributed by atoms with van der Waals surface area (Å²) in [6.07, 6.45) is 0. The second kappa shape index (κ2) is 5.29. The van der Waals surface area contributed by atoms with Gasteiger partial charge in [-0.2, -0.15) is 0 Å². The maximum atomic E-state index is 11.6. The summed E-state index contributed by atoms with van der Waals surface area (Å²) in [4.78, 5) is 21.3. The standard InChI is InChI=1S/C11H14N2O4/c1-7(2)6-12-11(14)8(3)9-4-5-10(17-9)13(15)16/h4-5,7H,3,6H2,1-2H3,(H,12,14). The lowest BCUT2D eigenvalue weighted by Crippen LogP contribution is -2.27. The van der Waals surface area contributed by atoms with Crippen molar-refractivity contribution in [3.8, 4) is 0 Å². The number of carbonyl (C=O) groups excluding carboxylic acids is 1. The summed E-state index contributed by atoms with van der Waals surface area (Å²) in [5, 5.41) is 13.1. The quantitative estimate of drug-likeness (QED) is 0.482. The van der Waals surface area contributed by atoms with Crippen LogP contribution < -0.4 is 5.32 Å². The van der Waals surface area contributed by atoms with Crippen LogP contribution in [0.5, 0.6) is 0 Å². The van der Waals surface area contributed by atoms with Gasteiger partial charge in [0.05, 0.1) is 11.6 Å². The lowest BCUT2D eigenvalue weighted by molar-refractivity contribution is -0.402. The molecule has 1 heterocycles. The van der Waals surface area contributed by atoms with Crippen LogP contribution in [0.1, 0.15) is 19.6 Å². The average molecular weight is 238 g/mol. The van der Waals surface area contributed by atoms with Crippen molar-refractivity contribution in [2.45, 2.75) is 13.8 Å². The zero-order valence-electron chi connectivity index (χ0n) is 9.73. The van der Waals surface area contributed by atoms with Crippen LogP contribution in [0.3, 0.4) is 0 Å². The second-order valence-corrected chi connectivity index (χ2v) is 3.98. The van der Waals surface area contributed by atoms with Crippen LogP contribution in [0, 0.1) is 16.0 Å². The predicted molar refractivity (Wildman–Crippen MR) is 62.2 cm³/mol. The number of nitrogens with one attached hydrogen (secondary N) is 1. The molecule has 1 amide bonds. The smallest absolute Gasteiger partial charge is 0.400 e. The Morgan fingerprint density at radius 3 is 2.71 bits per heavy atom. The molecule has 0 aliphatic rings. The summed E-state index contributed by atoms with van der Waals surface area (Å²) in [5.74, 6) is -0.364. The highest BCUT2D eigenvalue weighted by molar-refractivity contribution is 6.17. The Hall–Kier alpha value is -2.11. The fourth-order valence-electron chi connectivity index (χ4n) is 1.10. The number of carbonyl (C=O) groups is 1. The van der Waals surface area contributed by atoms with Crippen molar-refractivity contribution in [1.29, 1.82) is 0 Å². The molecule has 0 bridgehead atoms. The Kier molecular flexibility index (Phi) is 4.03. The van der Waals surface area contributed by atoms with Crippen LogP contribution >= 0.6 is 0 Å². The summed E-state index contributed by atoms with van der Waals surface area (Å²) in [6, 6.07) is 2.55. The van der Waals surface area contributed by atoms with E-state index in [0.29, 0.717) is 12.5 Å². The molecule has 17 heavy (non-hydrogen) atoms. The van der Waals surface area contributed by atoms with Crippen LogP contribution in [0.4, 0.5) is 5.88 Å². The molecule has 0 radical (unpaired) electrons. The molecular weight excluding hydrogens is 224 g/mol. The van der Waals surface area contributed by atoms with Gasteiger partial charge >= 0.3 is 5.88 Å². The number of hydrogen-bond acceptors (Lipinski definition) is 4. The second-order valence-electron chi connectivity index (χ2n) is 3.98. The van der Waals surface area contributed by atoms with Crippen LogP contribution in [0.15, 0.2) is 23.1 Å². The van der Waals surface area contributed by atoms with Gasteiger partial charge in [-0.05, 0) is 12.0 Å². The van der Waals surface area contributed by atoms with E-state index in [2.05, 4.69) is 11.9 Å². The zero-order valence-corrected chi connectivity index (χ0v) is 9.73. The monoisotopic (exact) mass is 238 g/mol. The molecule has 92 valence electrons. The van der Waals surface area contributed by atoms with E-state index >= 15 is 0 Å². The first kappa shape index (κ1) is 13.0. The highest BCUT2D eigenvalue weighted by Gasteiger charge is 2.17. The minimum Gasteiger partial charge on any atom is -0.400 e. The van der Waals surface area contributed by atoms with Gasteiger partial charge < -0.3 is 9.73 Å². The number of hydrogen-bond donors (Lipinski definition) is 1. The van der Waals surface area contributed by atoms with Gasteiger partial charge in [0.25, 0.3) is 5.91 Å². The minimum absolute atomic E-state index is 0.0822. The maximum Gasteiger partial charge on any atom is 0.433 e. The average Bonchev–Trinajstić information content (AvgIpc) is 2.73. The van der Waals surface area contributed by atoms with E-state index < -0.39 is 10.8 Å². The van der Waals surface area contributed by atoms with Crippen molar-refractivity contribution in [3.05, 3.63) is 34.6 Å². The van der Waals surface area contributed by atoms with E-state index in [-0.39, 0.29) is 17.2 Å². The van der Waals surface area contributed by atoms with Crippen molar-refractivity contribution in [3.63, 3.8) is 0 Å². The summed E-state index contributed by atoms with van der Waals surface area (Å²) < 4.78 is 4.88. The largest absolute Gasteiger partial charge is 0.433 e. The summed E-state index contributed by atoms with van der Waals surface area (Å²) in [6.45, 7) is 7.98. The summed E-state index contributed by atoms with van der Waals surface area (Å²) >= 11 is 0. The molecule has 0 spiro atoms. The summed E-state index contributed by atoms with van der Waals surface area (Å²) in [5.41, 5.74) is 0.0822. The Balaban J connectivity index is 2.68. The zero-order chi connectivity index (χ0) is 13.0. The van der Waals surface area contributed by atoms with Gasteiger partial charge in [0.15, 0.2) is 0 Å². The molecule has 0 unspecified atom stereocenters. The molecule has 0 aliphatic heterocycles. The third-order valence-electron chi connectivity index (χ3n) is 2.01. The Labute approximate surface area is 98.5 Å². The van der Waals surface area contributed by atoms with Gasteiger partial charge in [0.2, 0.25) is 0 Å². The van der Waals surface area contributed by atoms with E-state index in [1.165, 1.54) is 12.1 Å². The molecule has 0 saturated carbocycles. The third-order valence-corrected chi connectivity index (χ3v) is 2.01. The minimum atomic E-state index is -0.664. The molecule has 0 aliphatic carbocycles. The van der Waals surface area contributed by atoms with Crippen LogP contribution in [-0.2, 0) is 4.79 Å². The number of nitro groups is 1. The Bertz CT molecular complexity index is 448. The number of rotatable bonds is 5. The van der Waals surface area contributed by atoms with Crippen molar-refractivity contribution in [2.24, 2.45) is 5.92 Å². The van der Waals surface area contributed by atoms with Gasteiger partial charge in [0.1, 0.15) is 10.7 Å². The number of amides is 1. The lowest BCUT2D eigenvalue weighted by Gasteiger charge is -2.07. The molecule has 6 heteroatoms. The van der Waals surface area contributed by atoms with Gasteiger partial charge in [0, 0.05) is 6.54 Å². The van der Waals surface area contributed by atoms with E-state index in [4.69, 9.17) is 4.42 Å². The molecular formula is C11H14N2O4. The molecule has 0 fully saturated rings. The highest BCUT2D eigenvalue weighted by Crippen LogP contribution is 2.21. The first-order valence-electron chi connectivity index (χ1n) is 5.13. The van der Waals surface area contributed by atoms with Gasteiger partial charge in [-0.25, -0.2) is 0 Å². The maximum absolute atomic E-state index is 11.6. The first-order valence-corrected chi connectivity index (χ1v) is 5.13. The van der Waals surface area contributed by atoms with Gasteiger partial charge in [-0.15, -0.1) is 0 Å². The van der Waals surface area contributed by atoms with Gasteiger partial charge in [-0.1, -0.05) is 20.4 Å². The predicted octanol–water partition coefficient (Wildman–Crippen LogP) is 1.97. The third kappa shape index (κ3) is 3.44. The van der Waals surface area contributed by atoms with E-state index in [9.17, 15) is 14.9 Å². The molecule has 1 N–H and O–H groups in total. The van der Waals surface area contributed by atoms with Crippen LogP contribution in [0.2, 0.25) is 0 Å². The molecule has 0 saturated heterocycles. The van der Waals surface area contributed by atoms with Crippen molar-refractivity contribution >= 4 is 17.4 Å². The van der Waals surface area contributed by atoms with Crippen molar-refractivity contribution in [2.75, 3.05) is 6.54 Å². The topological polar surface area (TPSA) is 85.4 Å². The molecule has 6 nitrogen and oxygen atoms in total. The number of nitrogens with zero attached hydrogens (tertiary/aromatic N) is 1. The molecule has 0 atom stereocenters. The van der Waals surface area contributed by atoms with E-state index in [0.717, 1.165) is 0 Å². The molecule has 1 aromatic rings. The van der Waals surface area contributed by atoms with Crippen molar-refractivity contribution < 1.29 is 14.1 Å². The first-order chi connectivity index (χ1) is 7.91. The van der Waals surface area contributed by atoms with E-state index in [1.54, 1.807) is 0 Å². The molecule has 1 rings (SSSR count). The number of furan rings is 1. The lowest BCUT2D eigenvalue weighted by atomic mass is 10.2. The van der Waals surface area contributed by atoms with Gasteiger partial charge in [-0.3, -0.25) is 14.9 Å². The molecule has 1 aromatic heterocycles. The Morgan fingerprint density at radius 2 is 2.24 bits per heavy atom. The van der Waals surface area contributed by atoms with E-state index in [1.807, 2.05) is 13.8 Å². The van der Waals surface area contributed by atoms with Crippen molar-refractivity contribution in [1.82, 2.24) is 5.32 Å². The summed E-state index contributed by atoms with van der Waals surface area (Å²) in [7, 11) is 0. The normalized spacial score (nSPS) is 10.3. The SMILES string of the molecule is C=C(C(=O)NCC(C)C)c1ccc([N+](=O)[O-])o1. The highest BCUT2D eigenvalue weighted by atomic mass is 16.6. The fourth-order valence-corrected chi connectivity index (χ4v) is 1.10. The fraction of sp³-hybridized carbons (Fsp3) is 0.364.